The third kappa shape index (κ3) is 2.18. The van der Waals surface area contributed by atoms with Crippen LogP contribution in [0.25, 0.3) is 0 Å². The summed E-state index contributed by atoms with van der Waals surface area (Å²) in [6.45, 7) is 0.735. The van der Waals surface area contributed by atoms with Crippen LogP contribution in [0.4, 0.5) is 0 Å². The molecule has 1 saturated heterocycles. The Balaban J connectivity index is 2.29. The Labute approximate surface area is 88.7 Å². The fourth-order valence-electron chi connectivity index (χ4n) is 1.96. The molecule has 1 fully saturated rings. The van der Waals surface area contributed by atoms with Gasteiger partial charge in [-0.1, -0.05) is 18.2 Å². The van der Waals surface area contributed by atoms with Crippen LogP contribution in [0.15, 0.2) is 24.3 Å². The van der Waals surface area contributed by atoms with E-state index in [1.165, 1.54) is 0 Å². The van der Waals surface area contributed by atoms with Crippen LogP contribution in [0.5, 0.6) is 0 Å². The van der Waals surface area contributed by atoms with E-state index >= 15 is 0 Å². The predicted molar refractivity (Wildman–Crippen MR) is 55.9 cm³/mol. The van der Waals surface area contributed by atoms with E-state index in [0.717, 1.165) is 31.4 Å². The van der Waals surface area contributed by atoms with Gasteiger partial charge in [0, 0.05) is 6.61 Å². The van der Waals surface area contributed by atoms with Crippen molar-refractivity contribution in [1.82, 2.24) is 0 Å². The number of hydrogen-bond donors (Lipinski definition) is 1. The number of ether oxygens (including phenoxy) is 1. The van der Waals surface area contributed by atoms with Gasteiger partial charge in [0.05, 0.1) is 11.7 Å². The zero-order valence-electron chi connectivity index (χ0n) is 8.48. The smallest absolute Gasteiger partial charge is 0.336 e. The second-order valence-corrected chi connectivity index (χ2v) is 3.75. The minimum atomic E-state index is -0.875. The van der Waals surface area contributed by atoms with Crippen LogP contribution in [0.2, 0.25) is 0 Å². The Morgan fingerprint density at radius 2 is 2.13 bits per heavy atom. The molecule has 0 aliphatic carbocycles. The first-order chi connectivity index (χ1) is 7.29. The molecule has 1 aromatic rings. The van der Waals surface area contributed by atoms with Crippen molar-refractivity contribution in [3.63, 3.8) is 0 Å². The van der Waals surface area contributed by atoms with Crippen LogP contribution in [0.3, 0.4) is 0 Å². The van der Waals surface area contributed by atoms with Crippen LogP contribution >= 0.6 is 0 Å². The summed E-state index contributed by atoms with van der Waals surface area (Å²) in [5, 5.41) is 9.04. The van der Waals surface area contributed by atoms with Crippen molar-refractivity contribution in [2.45, 2.75) is 25.4 Å². The van der Waals surface area contributed by atoms with Crippen LogP contribution < -0.4 is 0 Å². The summed E-state index contributed by atoms with van der Waals surface area (Å²) in [4.78, 5) is 11.0. The lowest BCUT2D eigenvalue weighted by Gasteiger charge is -2.24. The summed E-state index contributed by atoms with van der Waals surface area (Å²) >= 11 is 0. The maximum absolute atomic E-state index is 11.0. The third-order valence-corrected chi connectivity index (χ3v) is 2.72. The van der Waals surface area contributed by atoms with E-state index in [0.29, 0.717) is 5.56 Å². The zero-order valence-corrected chi connectivity index (χ0v) is 8.48. The normalized spacial score (nSPS) is 21.2. The van der Waals surface area contributed by atoms with Gasteiger partial charge in [-0.3, -0.25) is 0 Å². The third-order valence-electron chi connectivity index (χ3n) is 2.72. The average Bonchev–Trinajstić information content (AvgIpc) is 2.30. The molecule has 3 heteroatoms. The second-order valence-electron chi connectivity index (χ2n) is 3.75. The molecule has 1 aliphatic rings. The quantitative estimate of drug-likeness (QED) is 0.809. The molecule has 1 N–H and O–H groups in total. The highest BCUT2D eigenvalue weighted by atomic mass is 16.5. The van der Waals surface area contributed by atoms with Crippen LogP contribution in [0.1, 0.15) is 41.3 Å². The number of carboxylic acid groups (broad SMARTS) is 1. The Kier molecular flexibility index (Phi) is 3.02. The number of carboxylic acids is 1. The first-order valence-electron chi connectivity index (χ1n) is 5.23. The predicted octanol–water partition coefficient (Wildman–Crippen LogP) is 2.63. The minimum Gasteiger partial charge on any atom is -0.478 e. The van der Waals surface area contributed by atoms with Crippen molar-refractivity contribution in [3.8, 4) is 0 Å². The van der Waals surface area contributed by atoms with Crippen molar-refractivity contribution >= 4 is 5.97 Å². The SMILES string of the molecule is O=C(O)c1ccccc1[C@H]1CCCCO1. The molecule has 3 nitrogen and oxygen atoms in total. The van der Waals surface area contributed by atoms with Crippen LogP contribution in [-0.4, -0.2) is 17.7 Å². The average molecular weight is 206 g/mol. The first-order valence-corrected chi connectivity index (χ1v) is 5.23. The van der Waals surface area contributed by atoms with Gasteiger partial charge in [-0.05, 0) is 30.9 Å². The van der Waals surface area contributed by atoms with Gasteiger partial charge in [0.2, 0.25) is 0 Å². The summed E-state index contributed by atoms with van der Waals surface area (Å²) in [5.41, 5.74) is 1.18. The number of aromatic carboxylic acids is 1. The summed E-state index contributed by atoms with van der Waals surface area (Å²) < 4.78 is 5.59. The molecule has 80 valence electrons. The lowest BCUT2D eigenvalue weighted by atomic mass is 9.97. The van der Waals surface area contributed by atoms with Gasteiger partial charge in [-0.2, -0.15) is 0 Å². The molecule has 1 aliphatic heterocycles. The molecular weight excluding hydrogens is 192 g/mol. The maximum Gasteiger partial charge on any atom is 0.336 e. The number of rotatable bonds is 2. The van der Waals surface area contributed by atoms with E-state index in [9.17, 15) is 4.79 Å². The molecule has 0 radical (unpaired) electrons. The van der Waals surface area contributed by atoms with E-state index in [-0.39, 0.29) is 6.10 Å². The topological polar surface area (TPSA) is 46.5 Å². The van der Waals surface area contributed by atoms with Gasteiger partial charge in [0.15, 0.2) is 0 Å². The van der Waals surface area contributed by atoms with E-state index < -0.39 is 5.97 Å². The van der Waals surface area contributed by atoms with E-state index in [4.69, 9.17) is 9.84 Å². The van der Waals surface area contributed by atoms with Crippen LogP contribution in [0, 0.1) is 0 Å². The summed E-state index contributed by atoms with van der Waals surface area (Å²) in [7, 11) is 0. The van der Waals surface area contributed by atoms with Gasteiger partial charge in [-0.25, -0.2) is 4.79 Å². The van der Waals surface area contributed by atoms with Crippen LogP contribution in [-0.2, 0) is 4.74 Å². The van der Waals surface area contributed by atoms with Gasteiger partial charge in [0.25, 0.3) is 0 Å². The molecule has 0 bridgehead atoms. The highest BCUT2D eigenvalue weighted by Gasteiger charge is 2.21. The standard InChI is InChI=1S/C12H14O3/c13-12(14)10-6-2-1-5-9(10)11-7-3-4-8-15-11/h1-2,5-6,11H,3-4,7-8H2,(H,13,14)/t11-/m1/s1. The maximum atomic E-state index is 11.0. The van der Waals surface area contributed by atoms with E-state index in [1.807, 2.05) is 12.1 Å². The number of hydrogen-bond acceptors (Lipinski definition) is 2. The highest BCUT2D eigenvalue weighted by Crippen LogP contribution is 2.29. The molecule has 1 heterocycles. The summed E-state index contributed by atoms with van der Waals surface area (Å²) in [5.74, 6) is -0.875. The Morgan fingerprint density at radius 1 is 1.33 bits per heavy atom. The van der Waals surface area contributed by atoms with Crippen molar-refractivity contribution < 1.29 is 14.6 Å². The first kappa shape index (κ1) is 10.2. The minimum absolute atomic E-state index is 0.0361. The summed E-state index contributed by atoms with van der Waals surface area (Å²) in [6.07, 6.45) is 3.07. The fourth-order valence-corrected chi connectivity index (χ4v) is 1.96. The molecule has 0 aromatic heterocycles. The zero-order chi connectivity index (χ0) is 10.7. The van der Waals surface area contributed by atoms with Gasteiger partial charge in [0.1, 0.15) is 0 Å². The molecule has 0 spiro atoms. The fraction of sp³-hybridized carbons (Fsp3) is 0.417. The number of benzene rings is 1. The number of carbonyl (C=O) groups is 1. The Bertz CT molecular complexity index is 354. The van der Waals surface area contributed by atoms with Crippen molar-refractivity contribution in [2.75, 3.05) is 6.61 Å². The van der Waals surface area contributed by atoms with Gasteiger partial charge >= 0.3 is 5.97 Å². The molecule has 1 aromatic carbocycles. The lowest BCUT2D eigenvalue weighted by molar-refractivity contribution is 0.0139. The largest absolute Gasteiger partial charge is 0.478 e. The van der Waals surface area contributed by atoms with Gasteiger partial charge < -0.3 is 9.84 Å². The highest BCUT2D eigenvalue weighted by molar-refractivity contribution is 5.89. The second kappa shape index (κ2) is 4.45. The van der Waals surface area contributed by atoms with E-state index in [2.05, 4.69) is 0 Å². The van der Waals surface area contributed by atoms with E-state index in [1.54, 1.807) is 12.1 Å². The van der Waals surface area contributed by atoms with Gasteiger partial charge in [-0.15, -0.1) is 0 Å². The summed E-state index contributed by atoms with van der Waals surface area (Å²) in [6, 6.07) is 7.09. The molecule has 15 heavy (non-hydrogen) atoms. The molecule has 1 atom stereocenters. The monoisotopic (exact) mass is 206 g/mol. The van der Waals surface area contributed by atoms with Crippen molar-refractivity contribution in [2.24, 2.45) is 0 Å². The Morgan fingerprint density at radius 3 is 2.80 bits per heavy atom. The molecule has 0 amide bonds. The molecular formula is C12H14O3. The lowest BCUT2D eigenvalue weighted by Crippen LogP contribution is -2.14. The Hall–Kier alpha value is -1.35. The van der Waals surface area contributed by atoms with Crippen molar-refractivity contribution in [3.05, 3.63) is 35.4 Å². The molecule has 0 saturated carbocycles. The molecule has 2 rings (SSSR count). The van der Waals surface area contributed by atoms with Crippen molar-refractivity contribution in [1.29, 1.82) is 0 Å². The molecule has 0 unspecified atom stereocenters.